The van der Waals surface area contributed by atoms with Crippen LogP contribution < -0.4 is 4.74 Å². The summed E-state index contributed by atoms with van der Waals surface area (Å²) < 4.78 is 5.30. The fraction of sp³-hybridized carbons (Fsp3) is 0.0833. The number of fused-ring (bicyclic) bond motifs is 1. The molecule has 90 valence electrons. The minimum Gasteiger partial charge on any atom is -0.496 e. The van der Waals surface area contributed by atoms with Gasteiger partial charge in [0.1, 0.15) is 11.3 Å². The van der Waals surface area contributed by atoms with Gasteiger partial charge < -0.3 is 4.74 Å². The van der Waals surface area contributed by atoms with Crippen LogP contribution in [-0.4, -0.2) is 27.3 Å². The minimum atomic E-state index is 0.618. The third-order valence-electron chi connectivity index (χ3n) is 2.60. The molecule has 0 atom stereocenters. The van der Waals surface area contributed by atoms with Gasteiger partial charge >= 0.3 is 0 Å². The second-order valence-corrected chi connectivity index (χ2v) is 4.14. The van der Waals surface area contributed by atoms with Gasteiger partial charge in [-0.2, -0.15) is 5.10 Å². The van der Waals surface area contributed by atoms with Crippen molar-refractivity contribution in [3.05, 3.63) is 35.6 Å². The van der Waals surface area contributed by atoms with Gasteiger partial charge in [-0.1, -0.05) is 11.6 Å². The Hall–Kier alpha value is -2.14. The van der Waals surface area contributed by atoms with Crippen LogP contribution in [0.3, 0.4) is 0 Å². The largest absolute Gasteiger partial charge is 0.496 e. The Balaban J connectivity index is 2.18. The first-order valence-corrected chi connectivity index (χ1v) is 5.66. The van der Waals surface area contributed by atoms with Gasteiger partial charge in [0.05, 0.1) is 25.2 Å². The lowest BCUT2D eigenvalue weighted by atomic mass is 10.1. The van der Waals surface area contributed by atoms with Crippen LogP contribution in [-0.2, 0) is 0 Å². The van der Waals surface area contributed by atoms with Crippen LogP contribution in [0.2, 0.25) is 5.02 Å². The van der Waals surface area contributed by atoms with E-state index in [2.05, 4.69) is 20.2 Å². The van der Waals surface area contributed by atoms with Gasteiger partial charge in [0.25, 0.3) is 0 Å². The maximum Gasteiger partial charge on any atom is 0.174 e. The predicted molar refractivity (Wildman–Crippen MR) is 68.7 cm³/mol. The van der Waals surface area contributed by atoms with E-state index >= 15 is 0 Å². The third kappa shape index (κ3) is 1.78. The molecule has 6 heteroatoms. The fourth-order valence-corrected chi connectivity index (χ4v) is 1.90. The molecule has 0 amide bonds. The van der Waals surface area contributed by atoms with Crippen molar-refractivity contribution in [2.45, 2.75) is 0 Å². The Morgan fingerprint density at radius 3 is 3.00 bits per heavy atom. The van der Waals surface area contributed by atoms with Crippen LogP contribution >= 0.6 is 11.6 Å². The van der Waals surface area contributed by atoms with E-state index in [0.29, 0.717) is 21.9 Å². The van der Waals surface area contributed by atoms with E-state index < -0.39 is 0 Å². The lowest BCUT2D eigenvalue weighted by molar-refractivity contribution is 0.416. The molecule has 5 nitrogen and oxygen atoms in total. The number of halogens is 1. The molecule has 18 heavy (non-hydrogen) atoms. The summed E-state index contributed by atoms with van der Waals surface area (Å²) in [6.07, 6.45) is 3.31. The van der Waals surface area contributed by atoms with Crippen molar-refractivity contribution in [2.75, 3.05) is 7.11 Å². The van der Waals surface area contributed by atoms with Gasteiger partial charge in [-0.3, -0.25) is 5.10 Å². The van der Waals surface area contributed by atoms with Crippen LogP contribution in [0, 0.1) is 0 Å². The standard InChI is InChI=1S/C12H9ClN4O/c1-18-11-4-7(13)2-3-8(11)9-5-14-12-10(16-9)6-15-17-12/h2-6H,1H3,(H,14,15,17). The molecule has 0 spiro atoms. The lowest BCUT2D eigenvalue weighted by Gasteiger charge is -2.07. The molecule has 2 heterocycles. The Morgan fingerprint density at radius 2 is 2.17 bits per heavy atom. The number of nitrogens with zero attached hydrogens (tertiary/aromatic N) is 3. The van der Waals surface area contributed by atoms with Crippen molar-refractivity contribution in [3.63, 3.8) is 0 Å². The molecule has 0 aliphatic heterocycles. The van der Waals surface area contributed by atoms with Gasteiger partial charge in [-0.05, 0) is 18.2 Å². The number of aromatic amines is 1. The second kappa shape index (κ2) is 4.27. The van der Waals surface area contributed by atoms with E-state index in [1.807, 2.05) is 6.07 Å². The summed E-state index contributed by atoms with van der Waals surface area (Å²) in [5, 5.41) is 7.27. The first kappa shape index (κ1) is 11.0. The van der Waals surface area contributed by atoms with E-state index in [0.717, 1.165) is 11.3 Å². The zero-order chi connectivity index (χ0) is 12.5. The molecule has 0 unspecified atom stereocenters. The van der Waals surface area contributed by atoms with Gasteiger partial charge in [-0.25, -0.2) is 9.97 Å². The summed E-state index contributed by atoms with van der Waals surface area (Å²) in [5.74, 6) is 0.666. The number of nitrogens with one attached hydrogen (secondary N) is 1. The average molecular weight is 261 g/mol. The van der Waals surface area contributed by atoms with Crippen molar-refractivity contribution in [2.24, 2.45) is 0 Å². The smallest absolute Gasteiger partial charge is 0.174 e. The molecule has 1 aromatic carbocycles. The third-order valence-corrected chi connectivity index (χ3v) is 2.83. The van der Waals surface area contributed by atoms with Gasteiger partial charge in [-0.15, -0.1) is 0 Å². The number of ether oxygens (including phenoxy) is 1. The van der Waals surface area contributed by atoms with E-state index in [4.69, 9.17) is 16.3 Å². The van der Waals surface area contributed by atoms with Crippen LogP contribution in [0.25, 0.3) is 22.4 Å². The molecule has 0 saturated carbocycles. The summed E-state index contributed by atoms with van der Waals surface area (Å²) in [6.45, 7) is 0. The molecule has 1 N–H and O–H groups in total. The normalized spacial score (nSPS) is 10.8. The molecule has 2 aromatic heterocycles. The van der Waals surface area contributed by atoms with Crippen LogP contribution in [0.15, 0.2) is 30.6 Å². The van der Waals surface area contributed by atoms with Gasteiger partial charge in [0, 0.05) is 10.6 Å². The Kier molecular flexibility index (Phi) is 2.60. The summed E-state index contributed by atoms with van der Waals surface area (Å²) >= 11 is 5.93. The molecule has 0 saturated heterocycles. The number of hydrogen-bond donors (Lipinski definition) is 1. The van der Waals surface area contributed by atoms with Crippen LogP contribution in [0.1, 0.15) is 0 Å². The van der Waals surface area contributed by atoms with Crippen molar-refractivity contribution in [1.82, 2.24) is 20.2 Å². The maximum absolute atomic E-state index is 5.93. The Morgan fingerprint density at radius 1 is 1.28 bits per heavy atom. The van der Waals surface area contributed by atoms with Gasteiger partial charge in [0.2, 0.25) is 0 Å². The van der Waals surface area contributed by atoms with E-state index in [1.165, 1.54) is 0 Å². The first-order chi connectivity index (χ1) is 8.78. The van der Waals surface area contributed by atoms with E-state index in [-0.39, 0.29) is 0 Å². The highest BCUT2D eigenvalue weighted by Gasteiger charge is 2.09. The monoisotopic (exact) mass is 260 g/mol. The highest BCUT2D eigenvalue weighted by Crippen LogP contribution is 2.31. The second-order valence-electron chi connectivity index (χ2n) is 3.70. The fourth-order valence-electron chi connectivity index (χ4n) is 1.74. The van der Waals surface area contributed by atoms with Gasteiger partial charge in [0.15, 0.2) is 5.65 Å². The molecular formula is C12H9ClN4O. The molecule has 3 rings (SSSR count). The number of methoxy groups -OCH3 is 1. The van der Waals surface area contributed by atoms with Crippen molar-refractivity contribution >= 4 is 22.8 Å². The average Bonchev–Trinajstić information content (AvgIpc) is 2.85. The number of benzene rings is 1. The summed E-state index contributed by atoms with van der Waals surface area (Å²) in [6, 6.07) is 5.40. The lowest BCUT2D eigenvalue weighted by Crippen LogP contribution is -1.91. The first-order valence-electron chi connectivity index (χ1n) is 5.28. The SMILES string of the molecule is COc1cc(Cl)ccc1-c1cnc2[nH]ncc2n1. The quantitative estimate of drug-likeness (QED) is 0.769. The molecule has 3 aromatic rings. The Labute approximate surface area is 108 Å². The highest BCUT2D eigenvalue weighted by molar-refractivity contribution is 6.30. The maximum atomic E-state index is 5.93. The van der Waals surface area contributed by atoms with Crippen molar-refractivity contribution in [3.8, 4) is 17.0 Å². The van der Waals surface area contributed by atoms with Crippen LogP contribution in [0.4, 0.5) is 0 Å². The topological polar surface area (TPSA) is 63.7 Å². The molecular weight excluding hydrogens is 252 g/mol. The predicted octanol–water partition coefficient (Wildman–Crippen LogP) is 2.68. The highest BCUT2D eigenvalue weighted by atomic mass is 35.5. The molecule has 0 aliphatic rings. The summed E-state index contributed by atoms with van der Waals surface area (Å²) in [5.41, 5.74) is 2.94. The van der Waals surface area contributed by atoms with Crippen molar-refractivity contribution in [1.29, 1.82) is 0 Å². The number of rotatable bonds is 2. The van der Waals surface area contributed by atoms with Crippen LogP contribution in [0.5, 0.6) is 5.75 Å². The van der Waals surface area contributed by atoms with E-state index in [1.54, 1.807) is 31.6 Å². The summed E-state index contributed by atoms with van der Waals surface area (Å²) in [7, 11) is 1.60. The molecule has 0 aliphatic carbocycles. The summed E-state index contributed by atoms with van der Waals surface area (Å²) in [4.78, 5) is 8.71. The molecule has 0 fully saturated rings. The number of hydrogen-bond acceptors (Lipinski definition) is 4. The zero-order valence-corrected chi connectivity index (χ0v) is 10.3. The molecule has 0 bridgehead atoms. The Bertz CT molecular complexity index is 710. The minimum absolute atomic E-state index is 0.618. The number of aromatic nitrogens is 4. The molecule has 0 radical (unpaired) electrons. The van der Waals surface area contributed by atoms with E-state index in [9.17, 15) is 0 Å². The number of H-pyrrole nitrogens is 1. The van der Waals surface area contributed by atoms with Crippen molar-refractivity contribution < 1.29 is 4.74 Å². The zero-order valence-electron chi connectivity index (χ0n) is 9.51.